The van der Waals surface area contributed by atoms with Crippen LogP contribution in [-0.2, 0) is 19.1 Å². The van der Waals surface area contributed by atoms with Gasteiger partial charge in [0.15, 0.2) is 5.78 Å². The number of hydrogen-bond acceptors (Lipinski definition) is 5. The van der Waals surface area contributed by atoms with E-state index in [2.05, 4.69) is 0 Å². The molecule has 0 spiro atoms. The van der Waals surface area contributed by atoms with Gasteiger partial charge in [0.1, 0.15) is 11.2 Å². The molecule has 0 fully saturated rings. The number of ether oxygens (including phenoxy) is 2. The lowest BCUT2D eigenvalue weighted by atomic mass is 9.89. The summed E-state index contributed by atoms with van der Waals surface area (Å²) >= 11 is 0. The first-order valence-electron chi connectivity index (χ1n) is 10.6. The lowest BCUT2D eigenvalue weighted by Gasteiger charge is -2.40. The van der Waals surface area contributed by atoms with E-state index >= 15 is 0 Å². The maximum absolute atomic E-state index is 12.3. The van der Waals surface area contributed by atoms with E-state index in [9.17, 15) is 14.4 Å². The molecule has 0 unspecified atom stereocenters. The standard InChI is InChI=1S/C24H36O5/c1-6-7-17-21(26)28-23(2,3)24(4,5)29-22(27)18-13-9-12-16-20(25)19-14-10-8-11-15-19/h8,10-11,14-15H,6-7,9,12-13,16-18H2,1-5H3. The maximum Gasteiger partial charge on any atom is 0.306 e. The minimum Gasteiger partial charge on any atom is -0.455 e. The number of rotatable bonds is 13. The first-order valence-corrected chi connectivity index (χ1v) is 10.6. The monoisotopic (exact) mass is 404 g/mol. The summed E-state index contributed by atoms with van der Waals surface area (Å²) in [5.41, 5.74) is -1.13. The molecule has 162 valence electrons. The molecule has 1 rings (SSSR count). The maximum atomic E-state index is 12.3. The number of benzene rings is 1. The Kier molecular flexibility index (Phi) is 10.1. The highest BCUT2D eigenvalue weighted by atomic mass is 16.6. The zero-order valence-corrected chi connectivity index (χ0v) is 18.6. The molecule has 0 saturated carbocycles. The van der Waals surface area contributed by atoms with Crippen molar-refractivity contribution >= 4 is 17.7 Å². The van der Waals surface area contributed by atoms with Gasteiger partial charge >= 0.3 is 11.9 Å². The van der Waals surface area contributed by atoms with Gasteiger partial charge < -0.3 is 9.47 Å². The van der Waals surface area contributed by atoms with Gasteiger partial charge in [-0.3, -0.25) is 14.4 Å². The predicted octanol–water partition coefficient (Wildman–Crippen LogP) is 5.65. The zero-order chi connectivity index (χ0) is 21.9. The first kappa shape index (κ1) is 24.9. The molecule has 0 aliphatic rings. The largest absolute Gasteiger partial charge is 0.455 e. The molecule has 5 heteroatoms. The Hall–Kier alpha value is -2.17. The van der Waals surface area contributed by atoms with Gasteiger partial charge in [-0.05, 0) is 47.0 Å². The van der Waals surface area contributed by atoms with Crippen molar-refractivity contribution in [3.05, 3.63) is 35.9 Å². The van der Waals surface area contributed by atoms with Crippen molar-refractivity contribution in [3.63, 3.8) is 0 Å². The van der Waals surface area contributed by atoms with Crippen LogP contribution in [-0.4, -0.2) is 28.9 Å². The summed E-state index contributed by atoms with van der Waals surface area (Å²) in [6.45, 7) is 9.06. The van der Waals surface area contributed by atoms with Gasteiger partial charge in [-0.15, -0.1) is 0 Å². The molecule has 5 nitrogen and oxygen atoms in total. The van der Waals surface area contributed by atoms with Gasteiger partial charge in [-0.25, -0.2) is 0 Å². The number of hydrogen-bond donors (Lipinski definition) is 0. The SMILES string of the molecule is CCCCC(=O)OC(C)(C)C(C)(C)OC(=O)CCCCCC(=O)c1ccccc1. The van der Waals surface area contributed by atoms with Crippen molar-refractivity contribution in [2.24, 2.45) is 0 Å². The van der Waals surface area contributed by atoms with E-state index in [-0.39, 0.29) is 24.1 Å². The highest BCUT2D eigenvalue weighted by Gasteiger charge is 2.43. The molecule has 0 amide bonds. The Morgan fingerprint density at radius 1 is 0.724 bits per heavy atom. The van der Waals surface area contributed by atoms with Crippen molar-refractivity contribution in [2.75, 3.05) is 0 Å². The number of ketones is 1. The summed E-state index contributed by atoms with van der Waals surface area (Å²) in [5.74, 6) is -0.466. The van der Waals surface area contributed by atoms with Gasteiger partial charge in [-0.2, -0.15) is 0 Å². The van der Waals surface area contributed by atoms with Crippen LogP contribution in [0.15, 0.2) is 30.3 Å². The third-order valence-electron chi connectivity index (χ3n) is 5.30. The Bertz CT molecular complexity index is 661. The van der Waals surface area contributed by atoms with E-state index in [1.807, 2.05) is 37.3 Å². The molecule has 0 radical (unpaired) electrons. The van der Waals surface area contributed by atoms with Crippen LogP contribution in [0.4, 0.5) is 0 Å². The summed E-state index contributed by atoms with van der Waals surface area (Å²) in [6.07, 6.45) is 5.01. The van der Waals surface area contributed by atoms with Crippen LogP contribution in [0.25, 0.3) is 0 Å². The Morgan fingerprint density at radius 2 is 1.21 bits per heavy atom. The second-order valence-corrected chi connectivity index (χ2v) is 8.42. The van der Waals surface area contributed by atoms with Crippen molar-refractivity contribution < 1.29 is 23.9 Å². The number of Topliss-reactive ketones (excluding diaryl/α,β-unsaturated/α-hetero) is 1. The quantitative estimate of drug-likeness (QED) is 0.241. The van der Waals surface area contributed by atoms with E-state index in [1.165, 1.54) is 0 Å². The molecule has 1 aromatic carbocycles. The Labute approximate surface area is 175 Å². The van der Waals surface area contributed by atoms with Gasteiger partial charge in [0.25, 0.3) is 0 Å². The summed E-state index contributed by atoms with van der Waals surface area (Å²) < 4.78 is 11.2. The summed E-state index contributed by atoms with van der Waals surface area (Å²) in [7, 11) is 0. The number of esters is 2. The molecule has 0 bridgehead atoms. The van der Waals surface area contributed by atoms with E-state index < -0.39 is 11.2 Å². The van der Waals surface area contributed by atoms with Crippen molar-refractivity contribution in [1.82, 2.24) is 0 Å². The number of carbonyl (C=O) groups is 3. The third kappa shape index (κ3) is 8.80. The molecule has 29 heavy (non-hydrogen) atoms. The average molecular weight is 405 g/mol. The van der Waals surface area contributed by atoms with Crippen LogP contribution < -0.4 is 0 Å². The lowest BCUT2D eigenvalue weighted by molar-refractivity contribution is -0.199. The fourth-order valence-corrected chi connectivity index (χ4v) is 2.74. The van der Waals surface area contributed by atoms with Gasteiger partial charge in [0.2, 0.25) is 0 Å². The molecule has 1 aromatic rings. The van der Waals surface area contributed by atoms with E-state index in [4.69, 9.17) is 9.47 Å². The summed E-state index contributed by atoms with van der Waals surface area (Å²) in [6, 6.07) is 9.23. The van der Waals surface area contributed by atoms with Crippen LogP contribution in [0.3, 0.4) is 0 Å². The van der Waals surface area contributed by atoms with Crippen LogP contribution in [0.1, 0.15) is 96.3 Å². The minimum atomic E-state index is -0.935. The number of carbonyl (C=O) groups excluding carboxylic acids is 3. The van der Waals surface area contributed by atoms with E-state index in [1.54, 1.807) is 27.7 Å². The zero-order valence-electron chi connectivity index (χ0n) is 18.6. The molecular formula is C24H36O5. The molecule has 0 saturated heterocycles. The van der Waals surface area contributed by atoms with Crippen LogP contribution in [0.5, 0.6) is 0 Å². The normalized spacial score (nSPS) is 11.8. The Morgan fingerprint density at radius 3 is 1.72 bits per heavy atom. The summed E-state index contributed by atoms with van der Waals surface area (Å²) in [5, 5.41) is 0. The van der Waals surface area contributed by atoms with E-state index in [0.29, 0.717) is 19.3 Å². The topological polar surface area (TPSA) is 69.7 Å². The van der Waals surface area contributed by atoms with E-state index in [0.717, 1.165) is 31.2 Å². The molecule has 0 N–H and O–H groups in total. The Balaban J connectivity index is 2.34. The highest BCUT2D eigenvalue weighted by molar-refractivity contribution is 5.95. The van der Waals surface area contributed by atoms with Crippen LogP contribution >= 0.6 is 0 Å². The van der Waals surface area contributed by atoms with Crippen molar-refractivity contribution in [3.8, 4) is 0 Å². The first-order chi connectivity index (χ1) is 13.6. The smallest absolute Gasteiger partial charge is 0.306 e. The fraction of sp³-hybridized carbons (Fsp3) is 0.625. The molecule has 0 aromatic heterocycles. The second-order valence-electron chi connectivity index (χ2n) is 8.42. The van der Waals surface area contributed by atoms with Gasteiger partial charge in [-0.1, -0.05) is 50.1 Å². The highest BCUT2D eigenvalue weighted by Crippen LogP contribution is 2.30. The molecule has 0 aliphatic heterocycles. The van der Waals surface area contributed by atoms with Crippen LogP contribution in [0, 0.1) is 0 Å². The average Bonchev–Trinajstić information content (AvgIpc) is 2.65. The second kappa shape index (κ2) is 11.7. The molecule has 0 heterocycles. The van der Waals surface area contributed by atoms with Crippen molar-refractivity contribution in [2.45, 2.75) is 97.2 Å². The molecule has 0 atom stereocenters. The summed E-state index contributed by atoms with van der Waals surface area (Å²) in [4.78, 5) is 36.3. The van der Waals surface area contributed by atoms with Gasteiger partial charge in [0.05, 0.1) is 0 Å². The number of unbranched alkanes of at least 4 members (excludes halogenated alkanes) is 3. The predicted molar refractivity (Wildman–Crippen MR) is 114 cm³/mol. The van der Waals surface area contributed by atoms with Gasteiger partial charge in [0, 0.05) is 24.8 Å². The fourth-order valence-electron chi connectivity index (χ4n) is 2.74. The third-order valence-corrected chi connectivity index (χ3v) is 5.30. The molecular weight excluding hydrogens is 368 g/mol. The minimum absolute atomic E-state index is 0.126. The lowest BCUT2D eigenvalue weighted by Crippen LogP contribution is -2.51. The molecule has 0 aliphatic carbocycles. The van der Waals surface area contributed by atoms with Crippen molar-refractivity contribution in [1.29, 1.82) is 0 Å². The van der Waals surface area contributed by atoms with Crippen LogP contribution in [0.2, 0.25) is 0 Å².